The van der Waals surface area contributed by atoms with Gasteiger partial charge in [-0.15, -0.1) is 0 Å². The number of aryl methyl sites for hydroxylation is 2. The molecule has 0 spiro atoms. The zero-order chi connectivity index (χ0) is 28.6. The lowest BCUT2D eigenvalue weighted by atomic mass is 10.0. The van der Waals surface area contributed by atoms with E-state index in [0.29, 0.717) is 0 Å². The second kappa shape index (κ2) is 13.3. The van der Waals surface area contributed by atoms with E-state index in [-0.39, 0.29) is 0 Å². The van der Waals surface area contributed by atoms with Gasteiger partial charge >= 0.3 is 0 Å². The second-order valence-electron chi connectivity index (χ2n) is 10.2. The zero-order valence-electron chi connectivity index (χ0n) is 24.3. The van der Waals surface area contributed by atoms with Crippen LogP contribution in [0.1, 0.15) is 55.6 Å². The van der Waals surface area contributed by atoms with Crippen LogP contribution < -0.4 is 0 Å². The number of imidazole rings is 1. The Morgan fingerprint density at radius 3 is 2.59 bits per heavy atom. The largest absolute Gasteiger partial charge is 0.340 e. The highest BCUT2D eigenvalue weighted by Crippen LogP contribution is 2.32. The number of H-pyrrole nitrogens is 2. The molecule has 0 bridgehead atoms. The summed E-state index contributed by atoms with van der Waals surface area (Å²) in [6, 6.07) is 12.6. The molecule has 0 atom stereocenters. The third-order valence-corrected chi connectivity index (χ3v) is 7.47. The van der Waals surface area contributed by atoms with Crippen LogP contribution in [0.5, 0.6) is 0 Å². The van der Waals surface area contributed by atoms with Crippen LogP contribution in [0.4, 0.5) is 0 Å². The topological polar surface area (TPSA) is 86.4 Å². The molecule has 0 aliphatic carbocycles. The van der Waals surface area contributed by atoms with Crippen LogP contribution in [0, 0.1) is 6.92 Å². The van der Waals surface area contributed by atoms with E-state index in [4.69, 9.17) is 4.98 Å². The number of allylic oxidation sites excluding steroid dienone is 2. The average Bonchev–Trinajstić information content (AvgIpc) is 3.78. The van der Waals surface area contributed by atoms with Crippen molar-refractivity contribution in [2.45, 2.75) is 46.5 Å². The molecule has 0 radical (unpaired) electrons. The number of nitrogens with zero attached hydrogens (tertiary/aromatic N) is 5. The maximum Gasteiger partial charge on any atom is 0.159 e. The van der Waals surface area contributed by atoms with Crippen LogP contribution in [0.25, 0.3) is 39.1 Å². The van der Waals surface area contributed by atoms with Crippen molar-refractivity contribution in [3.63, 3.8) is 0 Å². The zero-order valence-corrected chi connectivity index (χ0v) is 24.3. The van der Waals surface area contributed by atoms with E-state index in [9.17, 15) is 0 Å². The highest BCUT2D eigenvalue weighted by molar-refractivity contribution is 5.94. The Kier molecular flexibility index (Phi) is 9.16. The number of hydrogen-bond donors (Lipinski definition) is 2. The standard InChI is InChI=1S/C32H33N7.C2H6/c1-3-7-27(24-11-13-33-14-12-24)30-22(2)35-32(36-30)31-28-19-25(9-10-29(28)37-38-31)26-18-23(20-34-21-26)8-6-17-39-15-4-5-16-39;1-2/h3,7,9-14,18-21H,1,4-6,8,15-17H2,2H3,(H,35,36)(H,37,38);1-2H3/b27-7-;. The minimum absolute atomic E-state index is 0.726. The van der Waals surface area contributed by atoms with Gasteiger partial charge < -0.3 is 9.88 Å². The van der Waals surface area contributed by atoms with Gasteiger partial charge in [0.1, 0.15) is 5.69 Å². The van der Waals surface area contributed by atoms with Crippen LogP contribution >= 0.6 is 0 Å². The lowest BCUT2D eigenvalue weighted by Gasteiger charge is -2.14. The number of nitrogens with one attached hydrogen (secondary N) is 2. The Balaban J connectivity index is 0.00000165. The van der Waals surface area contributed by atoms with Gasteiger partial charge in [-0.05, 0) is 99.3 Å². The Labute approximate surface area is 242 Å². The van der Waals surface area contributed by atoms with E-state index in [1.54, 1.807) is 18.5 Å². The van der Waals surface area contributed by atoms with Crippen LogP contribution in [0.15, 0.2) is 79.9 Å². The van der Waals surface area contributed by atoms with Gasteiger partial charge in [-0.1, -0.05) is 38.6 Å². The van der Waals surface area contributed by atoms with Crippen LogP contribution in [0.2, 0.25) is 0 Å². The molecule has 1 saturated heterocycles. The lowest BCUT2D eigenvalue weighted by molar-refractivity contribution is 0.334. The molecular formula is C34H39N7. The molecule has 1 aliphatic rings. The van der Waals surface area contributed by atoms with Crippen LogP contribution in [-0.2, 0) is 6.42 Å². The molecule has 1 aromatic carbocycles. The third kappa shape index (κ3) is 6.36. The van der Waals surface area contributed by atoms with E-state index >= 15 is 0 Å². The monoisotopic (exact) mass is 545 g/mol. The number of rotatable bonds is 9. The van der Waals surface area contributed by atoms with Crippen molar-refractivity contribution in [1.82, 2.24) is 35.0 Å². The van der Waals surface area contributed by atoms with Crippen molar-refractivity contribution >= 4 is 16.5 Å². The summed E-state index contributed by atoms with van der Waals surface area (Å²) in [7, 11) is 0. The Bertz CT molecular complexity index is 1620. The molecule has 4 aromatic heterocycles. The van der Waals surface area contributed by atoms with Gasteiger partial charge in [0.2, 0.25) is 0 Å². The molecule has 6 rings (SSSR count). The molecular weight excluding hydrogens is 506 g/mol. The summed E-state index contributed by atoms with van der Waals surface area (Å²) in [5.41, 5.74) is 9.14. The first kappa shape index (κ1) is 28.2. The van der Waals surface area contributed by atoms with Crippen molar-refractivity contribution in [2.75, 3.05) is 19.6 Å². The van der Waals surface area contributed by atoms with Gasteiger partial charge in [0.15, 0.2) is 5.82 Å². The van der Waals surface area contributed by atoms with E-state index in [1.807, 2.05) is 51.4 Å². The Morgan fingerprint density at radius 2 is 1.80 bits per heavy atom. The smallest absolute Gasteiger partial charge is 0.159 e. The molecule has 0 amide bonds. The lowest BCUT2D eigenvalue weighted by Crippen LogP contribution is -2.20. The molecule has 2 N–H and O–H groups in total. The van der Waals surface area contributed by atoms with Crippen molar-refractivity contribution in [3.05, 3.63) is 102 Å². The number of pyridine rings is 2. The summed E-state index contributed by atoms with van der Waals surface area (Å²) in [6.45, 7) is 13.6. The summed E-state index contributed by atoms with van der Waals surface area (Å²) in [6.07, 6.45) is 16.2. The molecule has 5 heterocycles. The SMILES string of the molecule is C=C/C=C(/c1ccncc1)c1nc(-c2n[nH]c3ccc(-c4cncc(CCCN5CCCC5)c4)cc23)[nH]c1C.CC. The molecule has 0 unspecified atom stereocenters. The quantitative estimate of drug-likeness (QED) is 0.189. The number of aromatic amines is 2. The van der Waals surface area contributed by atoms with Crippen molar-refractivity contribution < 1.29 is 0 Å². The minimum atomic E-state index is 0.726. The molecule has 1 aliphatic heterocycles. The summed E-state index contributed by atoms with van der Waals surface area (Å²) >= 11 is 0. The third-order valence-electron chi connectivity index (χ3n) is 7.47. The van der Waals surface area contributed by atoms with Crippen molar-refractivity contribution in [1.29, 1.82) is 0 Å². The molecule has 210 valence electrons. The Hall–Kier alpha value is -4.36. The number of fused-ring (bicyclic) bond motifs is 1. The van der Waals surface area contributed by atoms with Gasteiger partial charge in [-0.3, -0.25) is 15.1 Å². The first-order valence-electron chi connectivity index (χ1n) is 14.6. The van der Waals surface area contributed by atoms with Crippen LogP contribution in [0.3, 0.4) is 0 Å². The van der Waals surface area contributed by atoms with Gasteiger partial charge in [0.05, 0.1) is 11.2 Å². The normalized spacial score (nSPS) is 13.8. The van der Waals surface area contributed by atoms with Gasteiger partial charge in [0, 0.05) is 47.0 Å². The predicted octanol–water partition coefficient (Wildman–Crippen LogP) is 7.39. The summed E-state index contributed by atoms with van der Waals surface area (Å²) < 4.78 is 0. The highest BCUT2D eigenvalue weighted by Gasteiger charge is 2.18. The molecule has 7 heteroatoms. The summed E-state index contributed by atoms with van der Waals surface area (Å²) in [4.78, 5) is 19.7. The second-order valence-corrected chi connectivity index (χ2v) is 10.2. The van der Waals surface area contributed by atoms with Gasteiger partial charge in [-0.25, -0.2) is 4.98 Å². The number of likely N-dealkylation sites (tertiary alicyclic amines) is 1. The van der Waals surface area contributed by atoms with Crippen LogP contribution in [-0.4, -0.2) is 54.7 Å². The van der Waals surface area contributed by atoms with Crippen molar-refractivity contribution in [2.24, 2.45) is 0 Å². The Morgan fingerprint density at radius 1 is 1.00 bits per heavy atom. The van der Waals surface area contributed by atoms with E-state index in [0.717, 1.165) is 68.9 Å². The van der Waals surface area contributed by atoms with E-state index < -0.39 is 0 Å². The highest BCUT2D eigenvalue weighted by atomic mass is 15.1. The maximum atomic E-state index is 4.99. The molecule has 1 fully saturated rings. The number of benzene rings is 1. The first-order chi connectivity index (χ1) is 20.2. The maximum absolute atomic E-state index is 4.99. The fourth-order valence-corrected chi connectivity index (χ4v) is 5.47. The summed E-state index contributed by atoms with van der Waals surface area (Å²) in [5.74, 6) is 0.726. The molecule has 0 saturated carbocycles. The number of aromatic nitrogens is 6. The fraction of sp³-hybridized carbons (Fsp3) is 0.294. The first-order valence-corrected chi connectivity index (χ1v) is 14.6. The van der Waals surface area contributed by atoms with E-state index in [2.05, 4.69) is 60.9 Å². The molecule has 41 heavy (non-hydrogen) atoms. The van der Waals surface area contributed by atoms with Gasteiger partial charge in [-0.2, -0.15) is 5.10 Å². The minimum Gasteiger partial charge on any atom is -0.340 e. The van der Waals surface area contributed by atoms with E-state index in [1.165, 1.54) is 38.0 Å². The van der Waals surface area contributed by atoms with Gasteiger partial charge in [0.25, 0.3) is 0 Å². The summed E-state index contributed by atoms with van der Waals surface area (Å²) in [5, 5.41) is 8.84. The van der Waals surface area contributed by atoms with Crippen molar-refractivity contribution in [3.8, 4) is 22.6 Å². The predicted molar refractivity (Wildman–Crippen MR) is 168 cm³/mol. The molecule has 7 nitrogen and oxygen atoms in total. The fourth-order valence-electron chi connectivity index (χ4n) is 5.47. The average molecular weight is 546 g/mol. The number of hydrogen-bond acceptors (Lipinski definition) is 5. The molecule has 5 aromatic rings.